The van der Waals surface area contributed by atoms with Crippen LogP contribution in [0.25, 0.3) is 0 Å². The molecule has 0 bridgehead atoms. The number of fused-ring (bicyclic) bond motifs is 1. The molecule has 0 fully saturated rings. The van der Waals surface area contributed by atoms with Crippen LogP contribution in [0.1, 0.15) is 11.1 Å². The van der Waals surface area contributed by atoms with Gasteiger partial charge in [0.2, 0.25) is 0 Å². The topological polar surface area (TPSA) is 29.3 Å². The molecule has 0 spiro atoms. The molecule has 0 saturated carbocycles. The molecule has 4 heteroatoms. The summed E-state index contributed by atoms with van der Waals surface area (Å²) in [6.45, 7) is 1.52. The maximum absolute atomic E-state index is 13.4. The van der Waals surface area contributed by atoms with Crippen molar-refractivity contribution in [3.05, 3.63) is 57.8 Å². The number of anilines is 2. The predicted molar refractivity (Wildman–Crippen MR) is 84.0 cm³/mol. The quantitative estimate of drug-likeness (QED) is 0.925. The average molecular weight is 335 g/mol. The van der Waals surface area contributed by atoms with Gasteiger partial charge in [0.25, 0.3) is 0 Å². The zero-order valence-electron chi connectivity index (χ0n) is 11.1. The third-order valence-corrected chi connectivity index (χ3v) is 4.44. The summed E-state index contributed by atoms with van der Waals surface area (Å²) in [7, 11) is 0. The van der Waals surface area contributed by atoms with Crippen molar-refractivity contribution in [2.45, 2.75) is 12.8 Å². The minimum absolute atomic E-state index is 0.186. The molecular formula is C16H16BrFN2. The van der Waals surface area contributed by atoms with E-state index in [1.165, 1.54) is 17.2 Å². The Bertz CT molecular complexity index is 642. The van der Waals surface area contributed by atoms with Gasteiger partial charge in [-0.05, 0) is 54.8 Å². The van der Waals surface area contributed by atoms with Gasteiger partial charge in [0.05, 0.1) is 0 Å². The largest absolute Gasteiger partial charge is 0.341 e. The Morgan fingerprint density at radius 2 is 2.05 bits per heavy atom. The van der Waals surface area contributed by atoms with E-state index >= 15 is 0 Å². The smallest absolute Gasteiger partial charge is 0.125 e. The fraction of sp³-hybridized carbons (Fsp3) is 0.250. The van der Waals surface area contributed by atoms with Crippen molar-refractivity contribution in [2.75, 3.05) is 18.0 Å². The molecule has 0 unspecified atom stereocenters. The van der Waals surface area contributed by atoms with E-state index in [0.29, 0.717) is 6.54 Å². The van der Waals surface area contributed by atoms with E-state index in [1.54, 1.807) is 6.07 Å². The number of hydrogen-bond donors (Lipinski definition) is 1. The third kappa shape index (κ3) is 2.45. The number of rotatable bonds is 3. The second kappa shape index (κ2) is 5.54. The molecular weight excluding hydrogens is 319 g/mol. The number of nitrogens with zero attached hydrogens (tertiary/aromatic N) is 1. The van der Waals surface area contributed by atoms with Gasteiger partial charge >= 0.3 is 0 Å². The van der Waals surface area contributed by atoms with Crippen LogP contribution in [0.15, 0.2) is 40.9 Å². The normalized spacial score (nSPS) is 13.7. The Kier molecular flexibility index (Phi) is 3.76. The SMILES string of the molecule is NCCc1ccc(N2CCc3ccc(F)cc32)cc1Br. The van der Waals surface area contributed by atoms with Gasteiger partial charge in [-0.1, -0.05) is 28.1 Å². The Labute approximate surface area is 126 Å². The maximum Gasteiger partial charge on any atom is 0.125 e. The monoisotopic (exact) mass is 334 g/mol. The molecule has 1 heterocycles. The van der Waals surface area contributed by atoms with Crippen LogP contribution in [0.3, 0.4) is 0 Å². The Hall–Kier alpha value is -1.39. The van der Waals surface area contributed by atoms with Crippen molar-refractivity contribution in [2.24, 2.45) is 5.73 Å². The lowest BCUT2D eigenvalue weighted by Crippen LogP contribution is -2.13. The second-order valence-electron chi connectivity index (χ2n) is 4.99. The van der Waals surface area contributed by atoms with E-state index in [-0.39, 0.29) is 5.82 Å². The van der Waals surface area contributed by atoms with Gasteiger partial charge < -0.3 is 10.6 Å². The predicted octanol–water partition coefficient (Wildman–Crippen LogP) is 3.78. The lowest BCUT2D eigenvalue weighted by atomic mass is 10.1. The zero-order chi connectivity index (χ0) is 14.1. The van der Waals surface area contributed by atoms with Gasteiger partial charge in [-0.2, -0.15) is 0 Å². The molecule has 104 valence electrons. The number of halogens is 2. The van der Waals surface area contributed by atoms with E-state index in [1.807, 2.05) is 6.07 Å². The van der Waals surface area contributed by atoms with E-state index in [2.05, 4.69) is 39.0 Å². The molecule has 2 N–H and O–H groups in total. The van der Waals surface area contributed by atoms with Crippen LogP contribution < -0.4 is 10.6 Å². The lowest BCUT2D eigenvalue weighted by Gasteiger charge is -2.20. The molecule has 20 heavy (non-hydrogen) atoms. The van der Waals surface area contributed by atoms with E-state index in [0.717, 1.165) is 35.2 Å². The third-order valence-electron chi connectivity index (χ3n) is 3.70. The highest BCUT2D eigenvalue weighted by Gasteiger charge is 2.21. The summed E-state index contributed by atoms with van der Waals surface area (Å²) in [5, 5.41) is 0. The molecule has 0 aromatic heterocycles. The van der Waals surface area contributed by atoms with Crippen LogP contribution in [-0.2, 0) is 12.8 Å². The summed E-state index contributed by atoms with van der Waals surface area (Å²) < 4.78 is 14.5. The Morgan fingerprint density at radius 1 is 1.20 bits per heavy atom. The van der Waals surface area contributed by atoms with Gasteiger partial charge in [0.1, 0.15) is 5.82 Å². The van der Waals surface area contributed by atoms with Crippen LogP contribution in [0.2, 0.25) is 0 Å². The fourth-order valence-electron chi connectivity index (χ4n) is 2.68. The van der Waals surface area contributed by atoms with Gasteiger partial charge in [-0.15, -0.1) is 0 Å². The van der Waals surface area contributed by atoms with E-state index < -0.39 is 0 Å². The molecule has 0 saturated heterocycles. The highest BCUT2D eigenvalue weighted by molar-refractivity contribution is 9.10. The summed E-state index contributed by atoms with van der Waals surface area (Å²) in [6.07, 6.45) is 1.81. The molecule has 3 rings (SSSR count). The van der Waals surface area contributed by atoms with Gasteiger partial charge in [-0.3, -0.25) is 0 Å². The average Bonchev–Trinajstić information content (AvgIpc) is 2.84. The molecule has 0 aliphatic carbocycles. The summed E-state index contributed by atoms with van der Waals surface area (Å²) in [5.74, 6) is -0.186. The standard InChI is InChI=1S/C16H16BrFN2/c17-15-10-14(4-2-11(15)5-7-19)20-8-6-12-1-3-13(18)9-16(12)20/h1-4,9-10H,5-8,19H2. The second-order valence-corrected chi connectivity index (χ2v) is 5.84. The van der Waals surface area contributed by atoms with Crippen molar-refractivity contribution in [3.8, 4) is 0 Å². The van der Waals surface area contributed by atoms with Crippen molar-refractivity contribution in [1.29, 1.82) is 0 Å². The molecule has 2 aromatic rings. The first kappa shape index (κ1) is 13.6. The Balaban J connectivity index is 1.96. The highest BCUT2D eigenvalue weighted by atomic mass is 79.9. The number of nitrogens with two attached hydrogens (primary N) is 1. The molecule has 2 aromatic carbocycles. The van der Waals surface area contributed by atoms with Crippen LogP contribution in [0, 0.1) is 5.82 Å². The van der Waals surface area contributed by atoms with Crippen LogP contribution in [0.4, 0.5) is 15.8 Å². The first-order valence-corrected chi connectivity index (χ1v) is 7.53. The summed E-state index contributed by atoms with van der Waals surface area (Å²) in [4.78, 5) is 2.16. The zero-order valence-corrected chi connectivity index (χ0v) is 12.7. The minimum atomic E-state index is -0.186. The number of benzene rings is 2. The first-order valence-electron chi connectivity index (χ1n) is 6.73. The lowest BCUT2D eigenvalue weighted by molar-refractivity contribution is 0.628. The molecule has 1 aliphatic rings. The summed E-state index contributed by atoms with van der Waals surface area (Å²) in [6, 6.07) is 11.3. The van der Waals surface area contributed by atoms with Crippen molar-refractivity contribution >= 4 is 27.3 Å². The molecule has 2 nitrogen and oxygen atoms in total. The molecule has 0 atom stereocenters. The van der Waals surface area contributed by atoms with Gasteiger partial charge in [0.15, 0.2) is 0 Å². The van der Waals surface area contributed by atoms with Gasteiger partial charge in [0, 0.05) is 22.4 Å². The van der Waals surface area contributed by atoms with Crippen LogP contribution in [0.5, 0.6) is 0 Å². The van der Waals surface area contributed by atoms with Crippen molar-refractivity contribution in [1.82, 2.24) is 0 Å². The maximum atomic E-state index is 13.4. The van der Waals surface area contributed by atoms with Crippen LogP contribution >= 0.6 is 15.9 Å². The summed E-state index contributed by atoms with van der Waals surface area (Å²) in [5.41, 5.74) is 10.1. The summed E-state index contributed by atoms with van der Waals surface area (Å²) >= 11 is 3.59. The highest BCUT2D eigenvalue weighted by Crippen LogP contribution is 2.36. The van der Waals surface area contributed by atoms with Crippen molar-refractivity contribution in [3.63, 3.8) is 0 Å². The fourth-order valence-corrected chi connectivity index (χ4v) is 3.25. The molecule has 0 amide bonds. The Morgan fingerprint density at radius 3 is 2.80 bits per heavy atom. The van der Waals surface area contributed by atoms with E-state index in [4.69, 9.17) is 5.73 Å². The minimum Gasteiger partial charge on any atom is -0.341 e. The first-order chi connectivity index (χ1) is 9.69. The molecule has 0 radical (unpaired) electrons. The van der Waals surface area contributed by atoms with Crippen LogP contribution in [-0.4, -0.2) is 13.1 Å². The van der Waals surface area contributed by atoms with Crippen molar-refractivity contribution < 1.29 is 4.39 Å². The van der Waals surface area contributed by atoms with E-state index in [9.17, 15) is 4.39 Å². The van der Waals surface area contributed by atoms with Gasteiger partial charge in [-0.25, -0.2) is 4.39 Å². The number of hydrogen-bond acceptors (Lipinski definition) is 2. The molecule has 1 aliphatic heterocycles.